The molecule has 3 heteroatoms. The van der Waals surface area contributed by atoms with Crippen molar-refractivity contribution in [3.63, 3.8) is 0 Å². The van der Waals surface area contributed by atoms with Gasteiger partial charge in [0.25, 0.3) is 0 Å². The average molecular weight is 164 g/mol. The molecular formula is C9H12N2O. The predicted molar refractivity (Wildman–Crippen MR) is 50.1 cm³/mol. The van der Waals surface area contributed by atoms with E-state index in [2.05, 4.69) is 35.0 Å². The van der Waals surface area contributed by atoms with Crippen molar-refractivity contribution in [3.05, 3.63) is 24.3 Å². The van der Waals surface area contributed by atoms with Crippen molar-refractivity contribution in [2.45, 2.75) is 13.3 Å². The molecule has 64 valence electrons. The minimum absolute atomic E-state index is 0.377. The minimum atomic E-state index is 0.377. The smallest absolute Gasteiger partial charge is 0.0861 e. The highest BCUT2D eigenvalue weighted by molar-refractivity contribution is 5.96. The molecule has 0 saturated heterocycles. The van der Waals surface area contributed by atoms with Crippen LogP contribution >= 0.6 is 0 Å². The van der Waals surface area contributed by atoms with Crippen molar-refractivity contribution in [3.8, 4) is 0 Å². The summed E-state index contributed by atoms with van der Waals surface area (Å²) in [5.41, 5.74) is 0.896. The lowest BCUT2D eigenvalue weighted by Gasteiger charge is -2.04. The molecule has 0 amide bonds. The Balaban J connectivity index is 2.68. The van der Waals surface area contributed by atoms with Crippen LogP contribution in [0.3, 0.4) is 0 Å². The summed E-state index contributed by atoms with van der Waals surface area (Å²) in [6.07, 6.45) is 8.94. The monoisotopic (exact) mass is 164 g/mol. The number of rotatable bonds is 2. The molecule has 0 fully saturated rings. The van der Waals surface area contributed by atoms with Gasteiger partial charge in [0.2, 0.25) is 0 Å². The second-order valence-electron chi connectivity index (χ2n) is 2.65. The zero-order valence-corrected chi connectivity index (χ0v) is 7.10. The fraction of sp³-hybridized carbons (Fsp3) is 0.333. The molecule has 1 atom stereocenters. The van der Waals surface area contributed by atoms with Gasteiger partial charge in [-0.25, -0.2) is 4.94 Å². The van der Waals surface area contributed by atoms with Crippen LogP contribution in [0, 0.1) is 5.92 Å². The average Bonchev–Trinajstić information content (AvgIpc) is 2.27. The second-order valence-corrected chi connectivity index (χ2v) is 2.65. The number of hydrogen-bond donors (Lipinski definition) is 0. The molecule has 3 nitrogen and oxygen atoms in total. The molecule has 12 heavy (non-hydrogen) atoms. The summed E-state index contributed by atoms with van der Waals surface area (Å²) in [7, 11) is 0. The number of nitrogens with zero attached hydrogens (tertiary/aromatic N) is 2. The Labute approximate surface area is 72.1 Å². The largest absolute Gasteiger partial charge is 0.245 e. The summed E-state index contributed by atoms with van der Waals surface area (Å²) in [6.45, 7) is 5.26. The van der Waals surface area contributed by atoms with Crippen LogP contribution in [0.5, 0.6) is 0 Å². The second kappa shape index (κ2) is 4.49. The molecule has 0 spiro atoms. The van der Waals surface area contributed by atoms with Gasteiger partial charge < -0.3 is 0 Å². The molecule has 0 N–H and O–H groups in total. The Hall–Kier alpha value is -1.38. The van der Waals surface area contributed by atoms with Gasteiger partial charge in [0.15, 0.2) is 0 Å². The van der Waals surface area contributed by atoms with Crippen molar-refractivity contribution < 1.29 is 4.94 Å². The van der Waals surface area contributed by atoms with E-state index in [0.717, 1.165) is 12.1 Å². The van der Waals surface area contributed by atoms with E-state index in [1.165, 1.54) is 0 Å². The van der Waals surface area contributed by atoms with E-state index < -0.39 is 0 Å². The molecule has 0 aromatic carbocycles. The summed E-state index contributed by atoms with van der Waals surface area (Å²) in [4.78, 5) is 4.52. The first-order chi connectivity index (χ1) is 5.84. The highest BCUT2D eigenvalue weighted by Gasteiger charge is 2.08. The molecular weight excluding hydrogens is 152 g/mol. The number of allylic oxidation sites excluding steroid dienone is 4. The van der Waals surface area contributed by atoms with Crippen LogP contribution in [-0.4, -0.2) is 12.4 Å². The van der Waals surface area contributed by atoms with Crippen molar-refractivity contribution >= 4 is 12.4 Å². The fourth-order valence-electron chi connectivity index (χ4n) is 0.997. The van der Waals surface area contributed by atoms with Crippen LogP contribution in [0.1, 0.15) is 13.3 Å². The molecule has 0 radical (unpaired) electrons. The Bertz CT molecular complexity index is 241. The van der Waals surface area contributed by atoms with Gasteiger partial charge in [-0.3, -0.25) is 0 Å². The third kappa shape index (κ3) is 2.34. The van der Waals surface area contributed by atoms with Crippen molar-refractivity contribution in [2.24, 2.45) is 16.2 Å². The zero-order chi connectivity index (χ0) is 8.81. The lowest BCUT2D eigenvalue weighted by atomic mass is 10.0. The molecule has 0 saturated carbocycles. The first-order valence-electron chi connectivity index (χ1n) is 3.88. The Morgan fingerprint density at radius 3 is 3.17 bits per heavy atom. The summed E-state index contributed by atoms with van der Waals surface area (Å²) < 4.78 is 0. The topological polar surface area (TPSA) is 34.0 Å². The summed E-state index contributed by atoms with van der Waals surface area (Å²) in [5.74, 6) is 0.377. The molecule has 1 rings (SSSR count). The van der Waals surface area contributed by atoms with E-state index in [1.807, 2.05) is 18.2 Å². The number of oxime groups is 2. The summed E-state index contributed by atoms with van der Waals surface area (Å²) in [5, 5.41) is 7.01. The van der Waals surface area contributed by atoms with Gasteiger partial charge in [-0.15, -0.1) is 0 Å². The highest BCUT2D eigenvalue weighted by atomic mass is 16.8. The molecule has 1 unspecified atom stereocenters. The quantitative estimate of drug-likeness (QED) is 0.454. The number of hydrogen-bond acceptors (Lipinski definition) is 3. The van der Waals surface area contributed by atoms with Gasteiger partial charge in [-0.05, 0) is 12.5 Å². The summed E-state index contributed by atoms with van der Waals surface area (Å²) >= 11 is 0. The van der Waals surface area contributed by atoms with Gasteiger partial charge in [-0.2, -0.15) is 0 Å². The lowest BCUT2D eigenvalue weighted by Crippen LogP contribution is -2.06. The fourth-order valence-corrected chi connectivity index (χ4v) is 0.997. The van der Waals surface area contributed by atoms with Gasteiger partial charge in [0.05, 0.1) is 5.71 Å². The van der Waals surface area contributed by atoms with Crippen LogP contribution in [-0.2, 0) is 4.94 Å². The van der Waals surface area contributed by atoms with Gasteiger partial charge in [-0.1, -0.05) is 35.5 Å². The first-order valence-corrected chi connectivity index (χ1v) is 3.88. The Morgan fingerprint density at radius 1 is 1.58 bits per heavy atom. The van der Waals surface area contributed by atoms with Crippen LogP contribution in [0.25, 0.3) is 0 Å². The first kappa shape index (κ1) is 8.71. The van der Waals surface area contributed by atoms with E-state index >= 15 is 0 Å². The Kier molecular flexibility index (Phi) is 3.26. The van der Waals surface area contributed by atoms with Gasteiger partial charge in [0, 0.05) is 12.6 Å². The molecule has 0 bridgehead atoms. The molecule has 0 aromatic heterocycles. The SMILES string of the molecule is C=NO/N=C1/C=CC=CCC1C. The highest BCUT2D eigenvalue weighted by Crippen LogP contribution is 2.10. The van der Waals surface area contributed by atoms with Crippen LogP contribution < -0.4 is 0 Å². The maximum absolute atomic E-state index is 4.52. The molecule has 0 aliphatic heterocycles. The van der Waals surface area contributed by atoms with Crippen molar-refractivity contribution in [2.75, 3.05) is 0 Å². The van der Waals surface area contributed by atoms with Gasteiger partial charge >= 0.3 is 0 Å². The van der Waals surface area contributed by atoms with Gasteiger partial charge in [0.1, 0.15) is 0 Å². The minimum Gasteiger partial charge on any atom is -0.245 e. The molecule has 1 aliphatic carbocycles. The van der Waals surface area contributed by atoms with Crippen molar-refractivity contribution in [1.82, 2.24) is 0 Å². The third-order valence-electron chi connectivity index (χ3n) is 1.71. The standard InChI is InChI=1S/C9H12N2O/c1-8-6-4-3-5-7-9(8)11-12-10-2/h3-5,7-8H,2,6H2,1H3/b11-9-. The van der Waals surface area contributed by atoms with Crippen molar-refractivity contribution in [1.29, 1.82) is 0 Å². The normalized spacial score (nSPS) is 25.4. The zero-order valence-electron chi connectivity index (χ0n) is 7.10. The van der Waals surface area contributed by atoms with E-state index in [1.54, 1.807) is 0 Å². The van der Waals surface area contributed by atoms with Crippen LogP contribution in [0.2, 0.25) is 0 Å². The van der Waals surface area contributed by atoms with E-state index in [-0.39, 0.29) is 0 Å². The predicted octanol–water partition coefficient (Wildman–Crippen LogP) is 2.13. The molecule has 0 heterocycles. The Morgan fingerprint density at radius 2 is 2.42 bits per heavy atom. The molecule has 1 aliphatic rings. The maximum Gasteiger partial charge on any atom is 0.0861 e. The molecule has 0 aromatic rings. The third-order valence-corrected chi connectivity index (χ3v) is 1.71. The van der Waals surface area contributed by atoms with E-state index in [0.29, 0.717) is 5.92 Å². The van der Waals surface area contributed by atoms with Crippen LogP contribution in [0.4, 0.5) is 0 Å². The van der Waals surface area contributed by atoms with Crippen LogP contribution in [0.15, 0.2) is 34.6 Å². The van der Waals surface area contributed by atoms with E-state index in [9.17, 15) is 0 Å². The maximum atomic E-state index is 4.52. The lowest BCUT2D eigenvalue weighted by molar-refractivity contribution is 0.157. The van der Waals surface area contributed by atoms with E-state index in [4.69, 9.17) is 0 Å². The summed E-state index contributed by atoms with van der Waals surface area (Å²) in [6, 6.07) is 0.